The number of rotatable bonds is 7. The molecule has 29 heavy (non-hydrogen) atoms. The molecule has 0 saturated carbocycles. The molecule has 3 nitrogen and oxygen atoms in total. The monoisotopic (exact) mass is 381 g/mol. The maximum atomic E-state index is 5.96. The highest BCUT2D eigenvalue weighted by Crippen LogP contribution is 2.28. The molecular formula is C26H23NO2. The van der Waals surface area contributed by atoms with Crippen LogP contribution in [-0.2, 0) is 0 Å². The molecule has 0 spiro atoms. The van der Waals surface area contributed by atoms with Crippen LogP contribution in [0.5, 0.6) is 17.2 Å². The predicted octanol–water partition coefficient (Wildman–Crippen LogP) is 7.17. The molecule has 0 aromatic heterocycles. The molecule has 0 fully saturated rings. The summed E-state index contributed by atoms with van der Waals surface area (Å²) in [6.45, 7) is 2.79. The standard InChI is InChI=1S/C26H23NO2/c1-2-18-28-26-17-12-20-8-6-7-11-24(20)25(26)19-27-21-13-15-23(16-14-21)29-22-9-4-3-5-10-22/h3-17,19H,2,18H2,1H3. The zero-order valence-electron chi connectivity index (χ0n) is 16.4. The average molecular weight is 381 g/mol. The summed E-state index contributed by atoms with van der Waals surface area (Å²) >= 11 is 0. The van der Waals surface area contributed by atoms with Crippen molar-refractivity contribution in [1.29, 1.82) is 0 Å². The normalized spacial score (nSPS) is 11.1. The Morgan fingerprint density at radius 3 is 2.28 bits per heavy atom. The summed E-state index contributed by atoms with van der Waals surface area (Å²) in [5, 5.41) is 2.30. The molecule has 0 amide bonds. The molecule has 0 aliphatic heterocycles. The first-order valence-electron chi connectivity index (χ1n) is 9.85. The molecule has 0 heterocycles. The molecule has 0 aliphatic carbocycles. The van der Waals surface area contributed by atoms with Gasteiger partial charge in [0.05, 0.1) is 12.3 Å². The van der Waals surface area contributed by atoms with Crippen LogP contribution in [0.15, 0.2) is 96.0 Å². The van der Waals surface area contributed by atoms with Crippen LogP contribution in [-0.4, -0.2) is 12.8 Å². The second-order valence-electron chi connectivity index (χ2n) is 6.71. The van der Waals surface area contributed by atoms with Crippen LogP contribution >= 0.6 is 0 Å². The first-order chi connectivity index (χ1) is 14.3. The third-order valence-electron chi connectivity index (χ3n) is 4.55. The summed E-state index contributed by atoms with van der Waals surface area (Å²) < 4.78 is 11.8. The minimum atomic E-state index is 0.685. The smallest absolute Gasteiger partial charge is 0.128 e. The Labute approximate surface area is 171 Å². The van der Waals surface area contributed by atoms with Crippen LogP contribution in [0.4, 0.5) is 5.69 Å². The maximum absolute atomic E-state index is 5.96. The lowest BCUT2D eigenvalue weighted by Gasteiger charge is -2.11. The Morgan fingerprint density at radius 2 is 1.48 bits per heavy atom. The van der Waals surface area contributed by atoms with Crippen molar-refractivity contribution in [1.82, 2.24) is 0 Å². The van der Waals surface area contributed by atoms with Gasteiger partial charge in [0.25, 0.3) is 0 Å². The molecule has 0 radical (unpaired) electrons. The van der Waals surface area contributed by atoms with Crippen molar-refractivity contribution in [2.24, 2.45) is 4.99 Å². The topological polar surface area (TPSA) is 30.8 Å². The Balaban J connectivity index is 1.59. The molecule has 4 aromatic carbocycles. The summed E-state index contributed by atoms with van der Waals surface area (Å²) in [5.41, 5.74) is 1.86. The summed E-state index contributed by atoms with van der Waals surface area (Å²) in [6.07, 6.45) is 2.85. The summed E-state index contributed by atoms with van der Waals surface area (Å²) in [6, 6.07) is 29.9. The summed E-state index contributed by atoms with van der Waals surface area (Å²) in [7, 11) is 0. The van der Waals surface area contributed by atoms with E-state index in [0.717, 1.165) is 40.3 Å². The van der Waals surface area contributed by atoms with Crippen molar-refractivity contribution >= 4 is 22.7 Å². The van der Waals surface area contributed by atoms with Gasteiger partial charge >= 0.3 is 0 Å². The Kier molecular flexibility index (Phi) is 5.87. The lowest BCUT2D eigenvalue weighted by atomic mass is 10.0. The molecule has 3 heteroatoms. The molecule has 0 N–H and O–H groups in total. The van der Waals surface area contributed by atoms with E-state index in [-0.39, 0.29) is 0 Å². The second kappa shape index (κ2) is 9.07. The fourth-order valence-electron chi connectivity index (χ4n) is 3.11. The van der Waals surface area contributed by atoms with Crippen LogP contribution in [0.2, 0.25) is 0 Å². The van der Waals surface area contributed by atoms with E-state index >= 15 is 0 Å². The van der Waals surface area contributed by atoms with Gasteiger partial charge in [-0.3, -0.25) is 4.99 Å². The zero-order chi connectivity index (χ0) is 19.9. The minimum absolute atomic E-state index is 0.685. The zero-order valence-corrected chi connectivity index (χ0v) is 16.4. The second-order valence-corrected chi connectivity index (χ2v) is 6.71. The highest BCUT2D eigenvalue weighted by atomic mass is 16.5. The number of hydrogen-bond donors (Lipinski definition) is 0. The lowest BCUT2D eigenvalue weighted by molar-refractivity contribution is 0.317. The number of benzene rings is 4. The number of para-hydroxylation sites is 1. The number of aliphatic imine (C=N–C) groups is 1. The van der Waals surface area contributed by atoms with E-state index in [0.29, 0.717) is 6.61 Å². The van der Waals surface area contributed by atoms with E-state index in [1.807, 2.05) is 79.0 Å². The highest BCUT2D eigenvalue weighted by Gasteiger charge is 2.07. The molecule has 0 saturated heterocycles. The SMILES string of the molecule is CCCOc1ccc2ccccc2c1C=Nc1ccc(Oc2ccccc2)cc1. The van der Waals surface area contributed by atoms with Gasteiger partial charge in [0.2, 0.25) is 0 Å². The fraction of sp³-hybridized carbons (Fsp3) is 0.115. The van der Waals surface area contributed by atoms with Crippen LogP contribution < -0.4 is 9.47 Å². The van der Waals surface area contributed by atoms with Crippen molar-refractivity contribution in [2.75, 3.05) is 6.61 Å². The molecule has 0 unspecified atom stereocenters. The summed E-state index contributed by atoms with van der Waals surface area (Å²) in [4.78, 5) is 4.68. The number of ether oxygens (including phenoxy) is 2. The van der Waals surface area contributed by atoms with Crippen molar-refractivity contribution in [3.05, 3.63) is 96.6 Å². The molecule has 0 aliphatic rings. The van der Waals surface area contributed by atoms with Gasteiger partial charge < -0.3 is 9.47 Å². The Bertz CT molecular complexity index is 1100. The Morgan fingerprint density at radius 1 is 0.759 bits per heavy atom. The van der Waals surface area contributed by atoms with E-state index in [1.165, 1.54) is 5.39 Å². The van der Waals surface area contributed by atoms with E-state index in [2.05, 4.69) is 30.1 Å². The highest BCUT2D eigenvalue weighted by molar-refractivity contribution is 6.03. The van der Waals surface area contributed by atoms with E-state index in [9.17, 15) is 0 Å². The molecule has 4 aromatic rings. The van der Waals surface area contributed by atoms with Crippen molar-refractivity contribution < 1.29 is 9.47 Å². The summed E-state index contributed by atoms with van der Waals surface area (Å²) in [5.74, 6) is 2.46. The van der Waals surface area contributed by atoms with Gasteiger partial charge in [-0.1, -0.05) is 55.5 Å². The first-order valence-corrected chi connectivity index (χ1v) is 9.85. The van der Waals surface area contributed by atoms with E-state index in [1.54, 1.807) is 0 Å². The van der Waals surface area contributed by atoms with Gasteiger partial charge in [0.1, 0.15) is 17.2 Å². The van der Waals surface area contributed by atoms with Crippen LogP contribution in [0.1, 0.15) is 18.9 Å². The van der Waals surface area contributed by atoms with Crippen LogP contribution in [0.3, 0.4) is 0 Å². The lowest BCUT2D eigenvalue weighted by Crippen LogP contribution is -1.99. The number of fused-ring (bicyclic) bond motifs is 1. The van der Waals surface area contributed by atoms with E-state index < -0.39 is 0 Å². The van der Waals surface area contributed by atoms with Gasteiger partial charge in [-0.05, 0) is 59.7 Å². The van der Waals surface area contributed by atoms with Gasteiger partial charge in [-0.2, -0.15) is 0 Å². The van der Waals surface area contributed by atoms with Gasteiger partial charge in [-0.25, -0.2) is 0 Å². The van der Waals surface area contributed by atoms with Gasteiger partial charge in [0, 0.05) is 11.8 Å². The first kappa shape index (κ1) is 18.8. The third-order valence-corrected chi connectivity index (χ3v) is 4.55. The quantitative estimate of drug-likeness (QED) is 0.318. The fourth-order valence-corrected chi connectivity index (χ4v) is 3.11. The number of hydrogen-bond acceptors (Lipinski definition) is 3. The molecule has 0 atom stereocenters. The predicted molar refractivity (Wildman–Crippen MR) is 120 cm³/mol. The Hall–Kier alpha value is -3.59. The van der Waals surface area contributed by atoms with Crippen LogP contribution in [0, 0.1) is 0 Å². The van der Waals surface area contributed by atoms with E-state index in [4.69, 9.17) is 9.47 Å². The van der Waals surface area contributed by atoms with Crippen LogP contribution in [0.25, 0.3) is 10.8 Å². The minimum Gasteiger partial charge on any atom is -0.493 e. The molecule has 0 bridgehead atoms. The number of nitrogens with zero attached hydrogens (tertiary/aromatic N) is 1. The third kappa shape index (κ3) is 4.64. The molecule has 4 rings (SSSR count). The largest absolute Gasteiger partial charge is 0.493 e. The van der Waals surface area contributed by atoms with Crippen molar-refractivity contribution in [3.8, 4) is 17.2 Å². The van der Waals surface area contributed by atoms with Crippen molar-refractivity contribution in [3.63, 3.8) is 0 Å². The molecular weight excluding hydrogens is 358 g/mol. The van der Waals surface area contributed by atoms with Gasteiger partial charge in [-0.15, -0.1) is 0 Å². The molecule has 144 valence electrons. The average Bonchev–Trinajstić information content (AvgIpc) is 2.78. The van der Waals surface area contributed by atoms with Gasteiger partial charge in [0.15, 0.2) is 0 Å². The van der Waals surface area contributed by atoms with Crippen molar-refractivity contribution in [2.45, 2.75) is 13.3 Å². The maximum Gasteiger partial charge on any atom is 0.128 e.